The van der Waals surface area contributed by atoms with Gasteiger partial charge in [0.25, 0.3) is 0 Å². The molecule has 8 nitrogen and oxygen atoms in total. The Bertz CT molecular complexity index is 1740. The van der Waals surface area contributed by atoms with E-state index in [1.54, 1.807) is 16.8 Å². The van der Waals surface area contributed by atoms with Crippen molar-refractivity contribution in [2.45, 2.75) is 26.2 Å². The molecule has 1 aliphatic heterocycles. The normalized spacial score (nSPS) is 16.2. The highest BCUT2D eigenvalue weighted by molar-refractivity contribution is 7.17. The molecule has 0 saturated carbocycles. The third kappa shape index (κ3) is 4.32. The minimum Gasteiger partial charge on any atom is -0.511 e. The average Bonchev–Trinajstić information content (AvgIpc) is 3.30. The van der Waals surface area contributed by atoms with E-state index in [9.17, 15) is 15.0 Å². The van der Waals surface area contributed by atoms with Crippen LogP contribution < -0.4 is 15.0 Å². The van der Waals surface area contributed by atoms with Crippen molar-refractivity contribution in [3.63, 3.8) is 0 Å². The van der Waals surface area contributed by atoms with E-state index in [4.69, 9.17) is 9.47 Å². The second-order valence-corrected chi connectivity index (χ2v) is 10.8. The number of aliphatic hydroxyl groups is 2. The number of hydrogen-bond donors (Lipinski definition) is 2. The molecule has 0 radical (unpaired) electrons. The molecule has 38 heavy (non-hydrogen) atoms. The van der Waals surface area contributed by atoms with Gasteiger partial charge in [-0.3, -0.25) is 4.57 Å². The monoisotopic (exact) mass is 529 g/mol. The fourth-order valence-corrected chi connectivity index (χ4v) is 6.20. The second-order valence-electron chi connectivity index (χ2n) is 9.78. The molecule has 6 rings (SSSR count). The zero-order valence-corrected chi connectivity index (χ0v) is 21.7. The zero-order chi connectivity index (χ0) is 26.3. The molecule has 2 N–H and O–H groups in total. The number of nitrogens with zero attached hydrogens (tertiary/aromatic N) is 3. The first-order valence-electron chi connectivity index (χ1n) is 12.5. The lowest BCUT2D eigenvalue weighted by atomic mass is 9.77. The van der Waals surface area contributed by atoms with Crippen LogP contribution in [-0.2, 0) is 4.74 Å². The minimum absolute atomic E-state index is 0.0444. The molecule has 0 spiro atoms. The van der Waals surface area contributed by atoms with E-state index in [1.807, 2.05) is 55.5 Å². The molecule has 1 saturated heterocycles. The number of rotatable bonds is 6. The van der Waals surface area contributed by atoms with E-state index < -0.39 is 11.1 Å². The van der Waals surface area contributed by atoms with Gasteiger partial charge in [0.2, 0.25) is 0 Å². The predicted octanol–water partition coefficient (Wildman–Crippen LogP) is 4.66. The highest BCUT2D eigenvalue weighted by Gasteiger charge is 2.33. The van der Waals surface area contributed by atoms with Crippen LogP contribution in [0.4, 0.5) is 0 Å². The van der Waals surface area contributed by atoms with Crippen molar-refractivity contribution < 1.29 is 19.7 Å². The van der Waals surface area contributed by atoms with Gasteiger partial charge < -0.3 is 19.7 Å². The molecule has 0 amide bonds. The summed E-state index contributed by atoms with van der Waals surface area (Å²) in [4.78, 5) is 23.1. The van der Waals surface area contributed by atoms with Crippen molar-refractivity contribution in [1.82, 2.24) is 14.5 Å². The van der Waals surface area contributed by atoms with Crippen LogP contribution in [0.1, 0.15) is 24.8 Å². The quantitative estimate of drug-likeness (QED) is 0.329. The summed E-state index contributed by atoms with van der Waals surface area (Å²) in [6.45, 7) is 2.98. The van der Waals surface area contributed by atoms with Gasteiger partial charge in [0, 0.05) is 37.9 Å². The molecule has 2 aromatic carbocycles. The lowest BCUT2D eigenvalue weighted by Gasteiger charge is -2.35. The van der Waals surface area contributed by atoms with E-state index in [0.717, 1.165) is 16.7 Å². The molecule has 0 aliphatic carbocycles. The maximum absolute atomic E-state index is 13.5. The number of para-hydroxylation sites is 1. The number of aliphatic hydroxyl groups excluding tert-OH is 2. The SMILES string of the molecule is Cc1cc(Oc2ccccc2)ccc1-n1c(=O)nc2c(=C(O)CC3(CO)CCOCC3)sc3nccc1c32. The van der Waals surface area contributed by atoms with Crippen molar-refractivity contribution >= 4 is 38.3 Å². The molecule has 5 aromatic rings. The number of thiophene rings is 1. The van der Waals surface area contributed by atoms with Crippen LogP contribution in [0.25, 0.3) is 32.7 Å². The van der Waals surface area contributed by atoms with Crippen LogP contribution in [0.3, 0.4) is 0 Å². The van der Waals surface area contributed by atoms with E-state index >= 15 is 0 Å². The number of ether oxygens (including phenoxy) is 2. The fourth-order valence-electron chi connectivity index (χ4n) is 5.16. The molecule has 0 atom stereocenters. The Balaban J connectivity index is 1.46. The van der Waals surface area contributed by atoms with Gasteiger partial charge in [0.15, 0.2) is 0 Å². The highest BCUT2D eigenvalue weighted by Crippen LogP contribution is 2.37. The maximum Gasteiger partial charge on any atom is 0.353 e. The lowest BCUT2D eigenvalue weighted by Crippen LogP contribution is -2.34. The van der Waals surface area contributed by atoms with E-state index in [0.29, 0.717) is 57.9 Å². The largest absolute Gasteiger partial charge is 0.511 e. The number of aromatic nitrogens is 3. The summed E-state index contributed by atoms with van der Waals surface area (Å²) in [7, 11) is 0. The molecule has 1 fully saturated rings. The fraction of sp³-hybridized carbons (Fsp3) is 0.276. The van der Waals surface area contributed by atoms with Gasteiger partial charge in [0.1, 0.15) is 27.6 Å². The van der Waals surface area contributed by atoms with Gasteiger partial charge in [-0.2, -0.15) is 4.98 Å². The summed E-state index contributed by atoms with van der Waals surface area (Å²) in [5.41, 5.74) is 1.76. The minimum atomic E-state index is -0.452. The standard InChI is InChI=1S/C29H27N3O5S/c1-18-15-20(37-19-5-3-2-4-6-19)7-8-21(18)32-22-9-12-30-27-24(22)25(31-28(32)35)26(38-27)23(34)16-29(17-33)10-13-36-14-11-29/h2-9,12,15,33-34H,10-11,13-14,16-17H2,1H3. The molecule has 3 aromatic heterocycles. The Hall–Kier alpha value is -3.79. The Kier molecular flexibility index (Phi) is 6.35. The number of aryl methyl sites for hydroxylation is 1. The molecule has 194 valence electrons. The molecule has 0 unspecified atom stereocenters. The third-order valence-corrected chi connectivity index (χ3v) is 8.40. The van der Waals surface area contributed by atoms with Gasteiger partial charge in [-0.15, -0.1) is 11.3 Å². The number of pyridine rings is 1. The topological polar surface area (TPSA) is 107 Å². The number of benzene rings is 2. The summed E-state index contributed by atoms with van der Waals surface area (Å²) in [6, 6.07) is 16.9. The summed E-state index contributed by atoms with van der Waals surface area (Å²) < 4.78 is 13.5. The van der Waals surface area contributed by atoms with Crippen LogP contribution in [-0.4, -0.2) is 44.6 Å². The highest BCUT2D eigenvalue weighted by atomic mass is 32.1. The van der Waals surface area contributed by atoms with Crippen LogP contribution in [0, 0.1) is 12.3 Å². The van der Waals surface area contributed by atoms with Crippen LogP contribution in [0.2, 0.25) is 0 Å². The van der Waals surface area contributed by atoms with E-state index in [-0.39, 0.29) is 18.8 Å². The molecule has 4 heterocycles. The van der Waals surface area contributed by atoms with Crippen molar-refractivity contribution in [2.24, 2.45) is 5.41 Å². The van der Waals surface area contributed by atoms with Crippen LogP contribution >= 0.6 is 11.3 Å². The maximum atomic E-state index is 13.5. The number of hydrogen-bond acceptors (Lipinski definition) is 8. The third-order valence-electron chi connectivity index (χ3n) is 7.27. The first-order chi connectivity index (χ1) is 18.5. The van der Waals surface area contributed by atoms with Gasteiger partial charge in [-0.1, -0.05) is 18.2 Å². The first-order valence-corrected chi connectivity index (χ1v) is 13.3. The predicted molar refractivity (Wildman–Crippen MR) is 147 cm³/mol. The summed E-state index contributed by atoms with van der Waals surface area (Å²) in [6.07, 6.45) is 3.27. The molecular formula is C29H27N3O5S. The Morgan fingerprint density at radius 2 is 1.92 bits per heavy atom. The lowest BCUT2D eigenvalue weighted by molar-refractivity contribution is -0.0157. The molecular weight excluding hydrogens is 502 g/mol. The Morgan fingerprint density at radius 3 is 2.66 bits per heavy atom. The second kappa shape index (κ2) is 9.83. The van der Waals surface area contributed by atoms with Crippen molar-refractivity contribution in [3.8, 4) is 17.2 Å². The van der Waals surface area contributed by atoms with Gasteiger partial charge >= 0.3 is 5.69 Å². The molecule has 9 heteroatoms. The summed E-state index contributed by atoms with van der Waals surface area (Å²) in [5, 5.41) is 22.0. The van der Waals surface area contributed by atoms with Crippen molar-refractivity contribution in [2.75, 3.05) is 19.8 Å². The van der Waals surface area contributed by atoms with E-state index in [2.05, 4.69) is 9.97 Å². The van der Waals surface area contributed by atoms with Gasteiger partial charge in [-0.05, 0) is 61.7 Å². The Morgan fingerprint density at radius 1 is 1.13 bits per heavy atom. The van der Waals surface area contributed by atoms with Gasteiger partial charge in [-0.25, -0.2) is 9.78 Å². The molecule has 0 bridgehead atoms. The average molecular weight is 530 g/mol. The van der Waals surface area contributed by atoms with Gasteiger partial charge in [0.05, 0.1) is 21.1 Å². The molecule has 1 aliphatic rings. The van der Waals surface area contributed by atoms with Crippen LogP contribution in [0.15, 0.2) is 65.6 Å². The van der Waals surface area contributed by atoms with Crippen molar-refractivity contribution in [3.05, 3.63) is 81.4 Å². The van der Waals surface area contributed by atoms with Crippen LogP contribution in [0.5, 0.6) is 11.5 Å². The first kappa shape index (κ1) is 24.5. The smallest absolute Gasteiger partial charge is 0.353 e. The Labute approximate surface area is 222 Å². The van der Waals surface area contributed by atoms with E-state index in [1.165, 1.54) is 11.3 Å². The van der Waals surface area contributed by atoms with Crippen molar-refractivity contribution in [1.29, 1.82) is 0 Å². The zero-order valence-electron chi connectivity index (χ0n) is 20.9. The summed E-state index contributed by atoms with van der Waals surface area (Å²) in [5.74, 6) is 1.52. The summed E-state index contributed by atoms with van der Waals surface area (Å²) >= 11 is 1.31.